The zero-order valence-corrected chi connectivity index (χ0v) is 17.2. The van der Waals surface area contributed by atoms with E-state index in [4.69, 9.17) is 0 Å². The first-order valence-corrected chi connectivity index (χ1v) is 10.1. The molecule has 2 unspecified atom stereocenters. The van der Waals surface area contributed by atoms with Crippen molar-refractivity contribution < 1.29 is 9.59 Å². The first-order chi connectivity index (χ1) is 12.6. The summed E-state index contributed by atoms with van der Waals surface area (Å²) in [5.74, 6) is 0.137. The minimum absolute atomic E-state index is 0. The van der Waals surface area contributed by atoms with Crippen LogP contribution < -0.4 is 5.01 Å². The summed E-state index contributed by atoms with van der Waals surface area (Å²) in [6.45, 7) is 4.39. The Morgan fingerprint density at radius 3 is 2.30 bits per heavy atom. The van der Waals surface area contributed by atoms with Crippen molar-refractivity contribution in [3.8, 4) is 0 Å². The molecule has 2 heterocycles. The molecule has 1 aromatic heterocycles. The Hall–Kier alpha value is -1.81. The van der Waals surface area contributed by atoms with Gasteiger partial charge in [0.2, 0.25) is 5.91 Å². The molecule has 2 atom stereocenters. The fourth-order valence-corrected chi connectivity index (χ4v) is 4.01. The number of piperidine rings is 1. The molecular formula is C22H31ClN2O2. The molecule has 2 aromatic rings. The largest absolute Gasteiger partial charge is 0.273 e. The van der Waals surface area contributed by atoms with Crippen LogP contribution in [0.1, 0.15) is 65.2 Å². The van der Waals surface area contributed by atoms with Gasteiger partial charge in [-0.15, -0.1) is 12.4 Å². The van der Waals surface area contributed by atoms with Gasteiger partial charge in [0.25, 0.3) is 5.91 Å². The van der Waals surface area contributed by atoms with Gasteiger partial charge in [-0.1, -0.05) is 70.2 Å². The summed E-state index contributed by atoms with van der Waals surface area (Å²) in [5, 5.41) is 3.44. The summed E-state index contributed by atoms with van der Waals surface area (Å²) in [6.07, 6.45) is 12.2. The number of carbonyl (C=O) groups is 2. The number of nitrogens with zero attached hydrogens (tertiary/aromatic N) is 2. The fraction of sp³-hybridized carbons (Fsp3) is 0.545. The maximum atomic E-state index is 13.1. The molecule has 0 aliphatic carbocycles. The van der Waals surface area contributed by atoms with Crippen molar-refractivity contribution in [2.24, 2.45) is 11.8 Å². The molecule has 0 saturated carbocycles. The number of rotatable bonds is 8. The molecule has 5 heteroatoms. The summed E-state index contributed by atoms with van der Waals surface area (Å²) in [5.41, 5.74) is 0. The Morgan fingerprint density at radius 1 is 1.04 bits per heavy atom. The van der Waals surface area contributed by atoms with E-state index in [2.05, 4.69) is 13.8 Å². The molecule has 0 spiro atoms. The number of hydrogen-bond acceptors (Lipinski definition) is 2. The first kappa shape index (κ1) is 21.5. The third kappa shape index (κ3) is 4.92. The van der Waals surface area contributed by atoms with Crippen LogP contribution in [0.3, 0.4) is 0 Å². The van der Waals surface area contributed by atoms with Crippen LogP contribution >= 0.6 is 12.4 Å². The molecule has 4 nitrogen and oxygen atoms in total. The van der Waals surface area contributed by atoms with Crippen molar-refractivity contribution in [2.75, 3.05) is 5.01 Å². The summed E-state index contributed by atoms with van der Waals surface area (Å²) < 4.78 is 1.69. The van der Waals surface area contributed by atoms with Crippen molar-refractivity contribution in [3.05, 3.63) is 36.7 Å². The minimum Gasteiger partial charge on any atom is -0.273 e. The molecule has 1 saturated heterocycles. The van der Waals surface area contributed by atoms with E-state index in [1.54, 1.807) is 4.68 Å². The number of fused-ring (bicyclic) bond motifs is 1. The van der Waals surface area contributed by atoms with E-state index in [1.165, 1.54) is 37.1 Å². The van der Waals surface area contributed by atoms with Gasteiger partial charge in [0.05, 0.1) is 0 Å². The second kappa shape index (κ2) is 9.93. The molecule has 1 fully saturated rings. The molecule has 3 rings (SSSR count). The van der Waals surface area contributed by atoms with Crippen molar-refractivity contribution in [3.63, 3.8) is 0 Å². The van der Waals surface area contributed by atoms with Gasteiger partial charge in [0, 0.05) is 35.5 Å². The topological polar surface area (TPSA) is 42.3 Å². The van der Waals surface area contributed by atoms with Crippen LogP contribution in [0.25, 0.3) is 10.8 Å². The smallest absolute Gasteiger partial charge is 0.251 e. The molecule has 1 aromatic carbocycles. The van der Waals surface area contributed by atoms with Crippen LogP contribution in [0, 0.1) is 11.8 Å². The number of unbranched alkanes of at least 4 members (excludes halogenated alkanes) is 4. The van der Waals surface area contributed by atoms with Gasteiger partial charge in [-0.3, -0.25) is 14.3 Å². The van der Waals surface area contributed by atoms with E-state index in [0.29, 0.717) is 18.8 Å². The number of halogens is 1. The third-order valence-electron chi connectivity index (χ3n) is 5.65. The van der Waals surface area contributed by atoms with Crippen molar-refractivity contribution >= 4 is 35.0 Å². The monoisotopic (exact) mass is 390 g/mol. The van der Waals surface area contributed by atoms with Crippen LogP contribution in [-0.2, 0) is 9.59 Å². The predicted molar refractivity (Wildman–Crippen MR) is 113 cm³/mol. The van der Waals surface area contributed by atoms with Gasteiger partial charge in [-0.05, 0) is 18.8 Å². The van der Waals surface area contributed by atoms with Crippen LogP contribution in [0.4, 0.5) is 0 Å². The first-order valence-electron chi connectivity index (χ1n) is 10.1. The van der Waals surface area contributed by atoms with Gasteiger partial charge in [0.1, 0.15) is 0 Å². The molecule has 0 bridgehead atoms. The van der Waals surface area contributed by atoms with Gasteiger partial charge < -0.3 is 0 Å². The van der Waals surface area contributed by atoms with E-state index in [-0.39, 0.29) is 30.1 Å². The van der Waals surface area contributed by atoms with E-state index in [0.717, 1.165) is 17.2 Å². The van der Waals surface area contributed by atoms with Crippen LogP contribution in [0.2, 0.25) is 0 Å². The normalized spacial score (nSPS) is 18.6. The Morgan fingerprint density at radius 2 is 1.67 bits per heavy atom. The second-order valence-electron chi connectivity index (χ2n) is 7.64. The van der Waals surface area contributed by atoms with Gasteiger partial charge in [0.15, 0.2) is 0 Å². The standard InChI is InChI=1S/C22H30N2O2.ClH/c1-3-4-5-6-7-10-17(2)20-13-14-21(25)24(22(20)26)23-15-18-11-8-9-12-19(18)16-23;/h8-9,11-12,15-17,20H,3-7,10,13-14H2,1-2H3;1H. The van der Waals surface area contributed by atoms with E-state index < -0.39 is 0 Å². The Kier molecular flexibility index (Phi) is 7.91. The molecule has 0 N–H and O–H groups in total. The Bertz CT molecular complexity index is 738. The van der Waals surface area contributed by atoms with Crippen LogP contribution in [-0.4, -0.2) is 16.5 Å². The predicted octanol–water partition coefficient (Wildman–Crippen LogP) is 5.46. The van der Waals surface area contributed by atoms with Gasteiger partial charge >= 0.3 is 0 Å². The minimum atomic E-state index is -0.0956. The highest BCUT2D eigenvalue weighted by molar-refractivity contribution is 6.11. The highest BCUT2D eigenvalue weighted by Crippen LogP contribution is 2.29. The second-order valence-corrected chi connectivity index (χ2v) is 7.64. The summed E-state index contributed by atoms with van der Waals surface area (Å²) in [4.78, 5) is 25.5. The van der Waals surface area contributed by atoms with Crippen molar-refractivity contribution in [1.29, 1.82) is 0 Å². The van der Waals surface area contributed by atoms with Crippen LogP contribution in [0.15, 0.2) is 36.7 Å². The third-order valence-corrected chi connectivity index (χ3v) is 5.65. The molecule has 1 aliphatic rings. The average Bonchev–Trinajstić information content (AvgIpc) is 3.05. The molecule has 27 heavy (non-hydrogen) atoms. The lowest BCUT2D eigenvalue weighted by Crippen LogP contribution is -2.52. The van der Waals surface area contributed by atoms with Crippen molar-refractivity contribution in [1.82, 2.24) is 4.68 Å². The van der Waals surface area contributed by atoms with E-state index in [1.807, 2.05) is 36.7 Å². The highest BCUT2D eigenvalue weighted by Gasteiger charge is 2.38. The quantitative estimate of drug-likeness (QED) is 0.443. The molecule has 1 aliphatic heterocycles. The molecular weight excluding hydrogens is 360 g/mol. The molecule has 148 valence electrons. The van der Waals surface area contributed by atoms with E-state index in [9.17, 15) is 9.59 Å². The summed E-state index contributed by atoms with van der Waals surface area (Å²) >= 11 is 0. The fourth-order valence-electron chi connectivity index (χ4n) is 4.01. The lowest BCUT2D eigenvalue weighted by Gasteiger charge is -2.34. The van der Waals surface area contributed by atoms with Crippen molar-refractivity contribution in [2.45, 2.75) is 65.2 Å². The average molecular weight is 391 g/mol. The SMILES string of the molecule is CCCCCCCC(C)C1CCC(=O)N(n2cc3ccccc3c2)C1=O.Cl. The van der Waals surface area contributed by atoms with E-state index >= 15 is 0 Å². The number of aromatic nitrogens is 1. The summed E-state index contributed by atoms with van der Waals surface area (Å²) in [7, 11) is 0. The highest BCUT2D eigenvalue weighted by atomic mass is 35.5. The lowest BCUT2D eigenvalue weighted by atomic mass is 9.83. The number of amides is 2. The van der Waals surface area contributed by atoms with Gasteiger partial charge in [-0.2, -0.15) is 5.01 Å². The summed E-state index contributed by atoms with van der Waals surface area (Å²) in [6, 6.07) is 7.94. The molecule has 0 radical (unpaired) electrons. The number of carbonyl (C=O) groups excluding carboxylic acids is 2. The maximum Gasteiger partial charge on any atom is 0.251 e. The zero-order chi connectivity index (χ0) is 18.5. The number of imide groups is 1. The zero-order valence-electron chi connectivity index (χ0n) is 16.4. The van der Waals surface area contributed by atoms with Gasteiger partial charge in [-0.25, -0.2) is 0 Å². The maximum absolute atomic E-state index is 13.1. The Balaban J connectivity index is 0.00000261. The number of benzene rings is 1. The molecule has 2 amide bonds. The van der Waals surface area contributed by atoms with Crippen LogP contribution in [0.5, 0.6) is 0 Å². The number of hydrogen-bond donors (Lipinski definition) is 0. The lowest BCUT2D eigenvalue weighted by molar-refractivity contribution is -0.136. The Labute approximate surface area is 168 Å².